The van der Waals surface area contributed by atoms with Crippen LogP contribution in [0.4, 0.5) is 0 Å². The molecule has 1 fully saturated rings. The Morgan fingerprint density at radius 1 is 1.24 bits per heavy atom. The number of aliphatic carboxylic acids is 1. The van der Waals surface area contributed by atoms with Gasteiger partial charge in [-0.05, 0) is 36.8 Å². The van der Waals surface area contributed by atoms with Gasteiger partial charge in [-0.25, -0.2) is 4.79 Å². The predicted molar refractivity (Wildman–Crippen MR) is 125 cm³/mol. The summed E-state index contributed by atoms with van der Waals surface area (Å²) in [5, 5.41) is 14.3. The summed E-state index contributed by atoms with van der Waals surface area (Å²) < 4.78 is 0. The zero-order chi connectivity index (χ0) is 24.3. The lowest BCUT2D eigenvalue weighted by atomic mass is 10.00. The number of nitrogens with one attached hydrogen (secondary N) is 2. The molecular formula is C23H30N4O5S. The van der Waals surface area contributed by atoms with E-state index in [1.165, 1.54) is 16.7 Å². The number of β-lactam (4-membered cyclic amide) rings is 1. The molecule has 3 amide bonds. The van der Waals surface area contributed by atoms with Gasteiger partial charge in [0.1, 0.15) is 23.2 Å². The van der Waals surface area contributed by atoms with Crippen LogP contribution in [0.3, 0.4) is 0 Å². The zero-order valence-corrected chi connectivity index (χ0v) is 19.7. The largest absolute Gasteiger partial charge is 0.480 e. The first-order chi connectivity index (χ1) is 15.6. The first kappa shape index (κ1) is 24.8. The van der Waals surface area contributed by atoms with Crippen molar-refractivity contribution in [2.24, 2.45) is 11.7 Å². The summed E-state index contributed by atoms with van der Waals surface area (Å²) in [6, 6.07) is 6.72. The second-order valence-electron chi connectivity index (χ2n) is 8.82. The SMILES string of the molecule is CC1=C(C(=O)NC(CC(C)C)C(=O)O)N2C(=O)C(NC(=O)C(N)Cc3ccccc3)C2SC1. The van der Waals surface area contributed by atoms with Crippen LogP contribution in [0.5, 0.6) is 0 Å². The van der Waals surface area contributed by atoms with Gasteiger partial charge in [0.25, 0.3) is 11.8 Å². The molecule has 0 radical (unpaired) electrons. The van der Waals surface area contributed by atoms with Crippen molar-refractivity contribution in [3.8, 4) is 0 Å². The number of carboxylic acid groups (broad SMARTS) is 1. The average molecular weight is 475 g/mol. The Labute approximate surface area is 197 Å². The van der Waals surface area contributed by atoms with Crippen LogP contribution in [0.1, 0.15) is 32.8 Å². The molecule has 0 spiro atoms. The summed E-state index contributed by atoms with van der Waals surface area (Å²) in [5.74, 6) is -2.00. The van der Waals surface area contributed by atoms with E-state index >= 15 is 0 Å². The highest BCUT2D eigenvalue weighted by atomic mass is 32.2. The van der Waals surface area contributed by atoms with Gasteiger partial charge in [0.15, 0.2) is 0 Å². The smallest absolute Gasteiger partial charge is 0.326 e. The first-order valence-corrected chi connectivity index (χ1v) is 11.9. The highest BCUT2D eigenvalue weighted by Crippen LogP contribution is 2.40. The lowest BCUT2D eigenvalue weighted by Gasteiger charge is -2.50. The Hall–Kier alpha value is -2.85. The van der Waals surface area contributed by atoms with Crippen molar-refractivity contribution in [3.63, 3.8) is 0 Å². The first-order valence-electron chi connectivity index (χ1n) is 10.9. The minimum absolute atomic E-state index is 0.0708. The monoisotopic (exact) mass is 474 g/mol. The Morgan fingerprint density at radius 2 is 1.91 bits per heavy atom. The number of carbonyl (C=O) groups excluding carboxylic acids is 3. The molecule has 3 rings (SSSR count). The molecule has 10 heteroatoms. The van der Waals surface area contributed by atoms with E-state index in [4.69, 9.17) is 5.73 Å². The molecule has 5 N–H and O–H groups in total. The van der Waals surface area contributed by atoms with Crippen LogP contribution >= 0.6 is 11.8 Å². The van der Waals surface area contributed by atoms with E-state index in [9.17, 15) is 24.3 Å². The van der Waals surface area contributed by atoms with Crippen molar-refractivity contribution in [2.75, 3.05) is 5.75 Å². The van der Waals surface area contributed by atoms with Crippen molar-refractivity contribution < 1.29 is 24.3 Å². The number of carboxylic acids is 1. The zero-order valence-electron chi connectivity index (χ0n) is 18.9. The van der Waals surface area contributed by atoms with E-state index in [-0.39, 0.29) is 18.0 Å². The summed E-state index contributed by atoms with van der Waals surface area (Å²) in [5.41, 5.74) is 7.80. The molecule has 33 heavy (non-hydrogen) atoms. The molecule has 2 aliphatic heterocycles. The number of carbonyl (C=O) groups is 4. The molecule has 2 aliphatic rings. The number of nitrogens with zero attached hydrogens (tertiary/aromatic N) is 1. The van der Waals surface area contributed by atoms with Crippen LogP contribution in [0.15, 0.2) is 41.6 Å². The topological polar surface area (TPSA) is 142 Å². The van der Waals surface area contributed by atoms with Crippen LogP contribution < -0.4 is 16.4 Å². The van der Waals surface area contributed by atoms with Crippen molar-refractivity contribution in [1.29, 1.82) is 0 Å². The number of hydrogen-bond donors (Lipinski definition) is 4. The van der Waals surface area contributed by atoms with E-state index in [0.29, 0.717) is 17.7 Å². The molecule has 9 nitrogen and oxygen atoms in total. The molecule has 178 valence electrons. The number of nitrogens with two attached hydrogens (primary N) is 1. The highest BCUT2D eigenvalue weighted by Gasteiger charge is 2.54. The summed E-state index contributed by atoms with van der Waals surface area (Å²) in [4.78, 5) is 51.3. The quantitative estimate of drug-likeness (QED) is 0.389. The molecule has 2 heterocycles. The van der Waals surface area contributed by atoms with E-state index in [1.54, 1.807) is 6.92 Å². The van der Waals surface area contributed by atoms with Crippen LogP contribution in [0.25, 0.3) is 0 Å². The molecule has 0 aromatic heterocycles. The lowest BCUT2D eigenvalue weighted by molar-refractivity contribution is -0.148. The van der Waals surface area contributed by atoms with Crippen LogP contribution in [-0.4, -0.2) is 62.9 Å². The molecule has 0 bridgehead atoms. The van der Waals surface area contributed by atoms with Gasteiger partial charge in [0, 0.05) is 5.75 Å². The van der Waals surface area contributed by atoms with E-state index < -0.39 is 47.2 Å². The van der Waals surface area contributed by atoms with Gasteiger partial charge >= 0.3 is 5.97 Å². The number of fused-ring (bicyclic) bond motifs is 1. The summed E-state index contributed by atoms with van der Waals surface area (Å²) in [6.07, 6.45) is 0.617. The fourth-order valence-corrected chi connectivity index (χ4v) is 5.23. The maximum Gasteiger partial charge on any atom is 0.326 e. The predicted octanol–water partition coefficient (Wildman–Crippen LogP) is 0.846. The van der Waals surface area contributed by atoms with Crippen molar-refractivity contribution in [2.45, 2.75) is 57.1 Å². The fourth-order valence-electron chi connectivity index (χ4n) is 3.93. The number of rotatable bonds is 9. The lowest BCUT2D eigenvalue weighted by Crippen LogP contribution is -2.72. The van der Waals surface area contributed by atoms with Gasteiger partial charge in [-0.2, -0.15) is 0 Å². The van der Waals surface area contributed by atoms with Gasteiger partial charge in [0.2, 0.25) is 5.91 Å². The molecule has 0 saturated carbocycles. The van der Waals surface area contributed by atoms with Crippen molar-refractivity contribution >= 4 is 35.5 Å². The Morgan fingerprint density at radius 3 is 2.52 bits per heavy atom. The minimum atomic E-state index is -1.12. The van der Waals surface area contributed by atoms with Crippen molar-refractivity contribution in [3.05, 3.63) is 47.2 Å². The third-order valence-corrected chi connectivity index (χ3v) is 7.04. The van der Waals surface area contributed by atoms with Gasteiger partial charge in [-0.15, -0.1) is 11.8 Å². The fraction of sp³-hybridized carbons (Fsp3) is 0.478. The van der Waals surface area contributed by atoms with E-state index in [1.807, 2.05) is 44.2 Å². The number of hydrogen-bond acceptors (Lipinski definition) is 6. The molecular weight excluding hydrogens is 444 g/mol. The Balaban J connectivity index is 1.66. The summed E-state index contributed by atoms with van der Waals surface area (Å²) >= 11 is 1.44. The average Bonchev–Trinajstić information content (AvgIpc) is 2.76. The van der Waals surface area contributed by atoms with Crippen LogP contribution in [0, 0.1) is 5.92 Å². The second-order valence-corrected chi connectivity index (χ2v) is 9.92. The second kappa shape index (κ2) is 10.4. The van der Waals surface area contributed by atoms with Crippen LogP contribution in [-0.2, 0) is 25.6 Å². The van der Waals surface area contributed by atoms with Gasteiger partial charge in [-0.3, -0.25) is 19.3 Å². The van der Waals surface area contributed by atoms with E-state index in [0.717, 1.165) is 5.56 Å². The van der Waals surface area contributed by atoms with E-state index in [2.05, 4.69) is 10.6 Å². The number of benzene rings is 1. The van der Waals surface area contributed by atoms with Crippen LogP contribution in [0.2, 0.25) is 0 Å². The molecule has 4 unspecified atom stereocenters. The molecule has 1 saturated heterocycles. The van der Waals surface area contributed by atoms with Gasteiger partial charge < -0.3 is 21.5 Å². The Bertz CT molecular complexity index is 965. The Kier molecular flexibility index (Phi) is 7.80. The van der Waals surface area contributed by atoms with Gasteiger partial charge in [-0.1, -0.05) is 44.2 Å². The molecule has 4 atom stereocenters. The standard InChI is InChI=1S/C23H30N4O5S/c1-12(2)9-16(23(31)32)25-20(29)18-13(3)11-33-22-17(21(30)27(18)22)26-19(28)15(24)10-14-7-5-4-6-8-14/h4-8,12,15-17,22H,9-11,24H2,1-3H3,(H,25,29)(H,26,28)(H,31,32). The van der Waals surface area contributed by atoms with Crippen molar-refractivity contribution in [1.82, 2.24) is 15.5 Å². The third-order valence-electron chi connectivity index (χ3n) is 5.62. The maximum atomic E-state index is 12.9. The minimum Gasteiger partial charge on any atom is -0.480 e. The number of thioether (sulfide) groups is 1. The highest BCUT2D eigenvalue weighted by molar-refractivity contribution is 8.00. The third kappa shape index (κ3) is 5.56. The molecule has 1 aromatic rings. The molecule has 0 aliphatic carbocycles. The maximum absolute atomic E-state index is 12.9. The summed E-state index contributed by atoms with van der Waals surface area (Å²) in [7, 11) is 0. The van der Waals surface area contributed by atoms with Gasteiger partial charge in [0.05, 0.1) is 6.04 Å². The number of amides is 3. The molecule has 1 aromatic carbocycles. The summed E-state index contributed by atoms with van der Waals surface area (Å²) in [6.45, 7) is 5.48. The normalized spacial score (nSPS) is 21.7.